The largest absolute Gasteiger partial charge is 0.356 e. The summed E-state index contributed by atoms with van der Waals surface area (Å²) in [5, 5.41) is 2.78. The average Bonchev–Trinajstić information content (AvgIpc) is 2.77. The Bertz CT molecular complexity index is 307. The molecule has 0 aromatic carbocycles. The Labute approximate surface area is 109 Å². The number of nitrogens with two attached hydrogens (primary N) is 1. The zero-order valence-corrected chi connectivity index (χ0v) is 11.5. The number of nitrogens with zero attached hydrogens (tertiary/aromatic N) is 1. The number of hydrogen-bond acceptors (Lipinski definition) is 3. The second-order valence-corrected chi connectivity index (χ2v) is 5.43. The Kier molecular flexibility index (Phi) is 5.59. The number of likely N-dealkylation sites (tertiary alicyclic amines) is 1. The molecule has 0 aromatic heterocycles. The third kappa shape index (κ3) is 4.29. The average molecular weight is 255 g/mol. The van der Waals surface area contributed by atoms with Crippen LogP contribution in [0.5, 0.6) is 0 Å². The predicted molar refractivity (Wildman–Crippen MR) is 70.9 cm³/mol. The molecule has 0 aliphatic carbocycles. The van der Waals surface area contributed by atoms with Crippen LogP contribution in [0.1, 0.15) is 39.5 Å². The first kappa shape index (κ1) is 15.0. The van der Waals surface area contributed by atoms with Crippen molar-refractivity contribution in [2.75, 3.05) is 26.2 Å². The number of nitrogens with one attached hydrogen (secondary N) is 1. The molecule has 1 heterocycles. The van der Waals surface area contributed by atoms with E-state index < -0.39 is 0 Å². The molecule has 0 saturated carbocycles. The molecule has 1 rings (SSSR count). The third-order valence-electron chi connectivity index (χ3n) is 3.54. The highest BCUT2D eigenvalue weighted by Crippen LogP contribution is 2.28. The Morgan fingerprint density at radius 2 is 2.11 bits per heavy atom. The molecule has 1 unspecified atom stereocenters. The maximum absolute atomic E-state index is 11.9. The number of carbonyl (C=O) groups excluding carboxylic acids is 2. The number of hydrogen-bond donors (Lipinski definition) is 2. The predicted octanol–water partition coefficient (Wildman–Crippen LogP) is 0.490. The minimum Gasteiger partial charge on any atom is -0.356 e. The Hall–Kier alpha value is -1.10. The summed E-state index contributed by atoms with van der Waals surface area (Å²) in [5.74, 6) is 0.0322. The van der Waals surface area contributed by atoms with Crippen LogP contribution in [0.15, 0.2) is 0 Å². The molecular formula is C13H25N3O2. The summed E-state index contributed by atoms with van der Waals surface area (Å²) in [7, 11) is 0. The van der Waals surface area contributed by atoms with Gasteiger partial charge in [-0.05, 0) is 24.8 Å². The SMILES string of the molecule is CCCNC(=O)CCC(=O)N1CCC(C)(CN)C1. The molecule has 1 aliphatic heterocycles. The van der Waals surface area contributed by atoms with E-state index in [0.717, 1.165) is 25.9 Å². The molecule has 5 heteroatoms. The standard InChI is InChI=1S/C13H25N3O2/c1-3-7-15-11(17)4-5-12(18)16-8-6-13(2,9-14)10-16/h3-10,14H2,1-2H3,(H,15,17). The van der Waals surface area contributed by atoms with Crippen LogP contribution in [-0.2, 0) is 9.59 Å². The van der Waals surface area contributed by atoms with Crippen molar-refractivity contribution in [3.8, 4) is 0 Å². The quantitative estimate of drug-likeness (QED) is 0.725. The van der Waals surface area contributed by atoms with E-state index in [1.165, 1.54) is 0 Å². The van der Waals surface area contributed by atoms with E-state index in [0.29, 0.717) is 19.5 Å². The van der Waals surface area contributed by atoms with Gasteiger partial charge in [0.05, 0.1) is 0 Å². The van der Waals surface area contributed by atoms with Crippen LogP contribution in [-0.4, -0.2) is 42.9 Å². The molecule has 2 amide bonds. The summed E-state index contributed by atoms with van der Waals surface area (Å²) in [4.78, 5) is 25.2. The lowest BCUT2D eigenvalue weighted by Gasteiger charge is -2.22. The van der Waals surface area contributed by atoms with Crippen molar-refractivity contribution in [1.29, 1.82) is 0 Å². The first-order valence-electron chi connectivity index (χ1n) is 6.75. The Balaban J connectivity index is 2.28. The second-order valence-electron chi connectivity index (χ2n) is 5.43. The van der Waals surface area contributed by atoms with Gasteiger partial charge in [-0.1, -0.05) is 13.8 Å². The molecule has 0 bridgehead atoms. The molecule has 1 atom stereocenters. The van der Waals surface area contributed by atoms with Gasteiger partial charge in [-0.15, -0.1) is 0 Å². The van der Waals surface area contributed by atoms with Crippen LogP contribution in [0.2, 0.25) is 0 Å². The molecule has 18 heavy (non-hydrogen) atoms. The molecule has 0 aromatic rings. The van der Waals surface area contributed by atoms with E-state index in [4.69, 9.17) is 5.73 Å². The minimum absolute atomic E-state index is 0.0361. The number of rotatable bonds is 6. The molecule has 5 nitrogen and oxygen atoms in total. The van der Waals surface area contributed by atoms with Gasteiger partial charge in [0.1, 0.15) is 0 Å². The summed E-state index contributed by atoms with van der Waals surface area (Å²) in [5.41, 5.74) is 5.76. The van der Waals surface area contributed by atoms with Crippen molar-refractivity contribution in [2.45, 2.75) is 39.5 Å². The molecule has 0 radical (unpaired) electrons. The van der Waals surface area contributed by atoms with Crippen molar-refractivity contribution in [1.82, 2.24) is 10.2 Å². The second kappa shape index (κ2) is 6.73. The van der Waals surface area contributed by atoms with Crippen LogP contribution in [0.25, 0.3) is 0 Å². The molecule has 0 spiro atoms. The van der Waals surface area contributed by atoms with Crippen molar-refractivity contribution in [3.63, 3.8) is 0 Å². The van der Waals surface area contributed by atoms with Crippen LogP contribution in [0.4, 0.5) is 0 Å². The fraction of sp³-hybridized carbons (Fsp3) is 0.846. The van der Waals surface area contributed by atoms with Gasteiger partial charge in [-0.2, -0.15) is 0 Å². The smallest absolute Gasteiger partial charge is 0.223 e. The van der Waals surface area contributed by atoms with E-state index in [2.05, 4.69) is 12.2 Å². The van der Waals surface area contributed by atoms with E-state index in [1.807, 2.05) is 11.8 Å². The van der Waals surface area contributed by atoms with Gasteiger partial charge in [0, 0.05) is 32.5 Å². The van der Waals surface area contributed by atoms with Crippen molar-refractivity contribution in [2.24, 2.45) is 11.1 Å². The van der Waals surface area contributed by atoms with Crippen molar-refractivity contribution in [3.05, 3.63) is 0 Å². The molecule has 3 N–H and O–H groups in total. The van der Waals surface area contributed by atoms with Crippen LogP contribution < -0.4 is 11.1 Å². The normalized spacial score (nSPS) is 23.2. The molecule has 1 aliphatic rings. The molecular weight excluding hydrogens is 230 g/mol. The molecule has 1 fully saturated rings. The molecule has 1 saturated heterocycles. The fourth-order valence-corrected chi connectivity index (χ4v) is 2.13. The minimum atomic E-state index is -0.0361. The molecule has 104 valence electrons. The zero-order valence-electron chi connectivity index (χ0n) is 11.5. The monoisotopic (exact) mass is 255 g/mol. The maximum Gasteiger partial charge on any atom is 0.223 e. The van der Waals surface area contributed by atoms with Gasteiger partial charge in [0.2, 0.25) is 11.8 Å². The van der Waals surface area contributed by atoms with Gasteiger partial charge >= 0.3 is 0 Å². The fourth-order valence-electron chi connectivity index (χ4n) is 2.13. The summed E-state index contributed by atoms with van der Waals surface area (Å²) in [6.07, 6.45) is 2.46. The Morgan fingerprint density at radius 1 is 1.39 bits per heavy atom. The van der Waals surface area contributed by atoms with E-state index in [1.54, 1.807) is 0 Å². The van der Waals surface area contributed by atoms with Crippen molar-refractivity contribution >= 4 is 11.8 Å². The lowest BCUT2D eigenvalue weighted by molar-refractivity contribution is -0.133. The van der Waals surface area contributed by atoms with Crippen LogP contribution in [0, 0.1) is 5.41 Å². The summed E-state index contributed by atoms with van der Waals surface area (Å²) in [6, 6.07) is 0. The maximum atomic E-state index is 11.9. The van der Waals surface area contributed by atoms with Gasteiger partial charge in [0.25, 0.3) is 0 Å². The zero-order chi connectivity index (χ0) is 13.6. The van der Waals surface area contributed by atoms with E-state index in [9.17, 15) is 9.59 Å². The topological polar surface area (TPSA) is 75.4 Å². The summed E-state index contributed by atoms with van der Waals surface area (Å²) < 4.78 is 0. The lowest BCUT2D eigenvalue weighted by atomic mass is 9.90. The Morgan fingerprint density at radius 3 is 2.67 bits per heavy atom. The van der Waals surface area contributed by atoms with Crippen molar-refractivity contribution < 1.29 is 9.59 Å². The number of carbonyl (C=O) groups is 2. The highest BCUT2D eigenvalue weighted by Gasteiger charge is 2.34. The van der Waals surface area contributed by atoms with Crippen LogP contribution >= 0.6 is 0 Å². The van der Waals surface area contributed by atoms with Crippen LogP contribution in [0.3, 0.4) is 0 Å². The third-order valence-corrected chi connectivity index (χ3v) is 3.54. The summed E-state index contributed by atoms with van der Waals surface area (Å²) >= 11 is 0. The van der Waals surface area contributed by atoms with Gasteiger partial charge < -0.3 is 16.0 Å². The first-order chi connectivity index (χ1) is 8.50. The van der Waals surface area contributed by atoms with Gasteiger partial charge in [-0.25, -0.2) is 0 Å². The number of amides is 2. The van der Waals surface area contributed by atoms with E-state index >= 15 is 0 Å². The lowest BCUT2D eigenvalue weighted by Crippen LogP contribution is -2.35. The van der Waals surface area contributed by atoms with E-state index in [-0.39, 0.29) is 23.7 Å². The first-order valence-corrected chi connectivity index (χ1v) is 6.75. The van der Waals surface area contributed by atoms with Gasteiger partial charge in [-0.3, -0.25) is 9.59 Å². The highest BCUT2D eigenvalue weighted by atomic mass is 16.2. The van der Waals surface area contributed by atoms with Gasteiger partial charge in [0.15, 0.2) is 0 Å². The summed E-state index contributed by atoms with van der Waals surface area (Å²) in [6.45, 7) is 6.88. The highest BCUT2D eigenvalue weighted by molar-refractivity contribution is 5.83.